The van der Waals surface area contributed by atoms with E-state index in [0.717, 1.165) is 12.0 Å². The van der Waals surface area contributed by atoms with Gasteiger partial charge in [0.2, 0.25) is 0 Å². The highest BCUT2D eigenvalue weighted by atomic mass is 32.2. The summed E-state index contributed by atoms with van der Waals surface area (Å²) in [5, 5.41) is 0. The molecule has 0 amide bonds. The second kappa shape index (κ2) is 6.91. The van der Waals surface area contributed by atoms with Gasteiger partial charge in [-0.05, 0) is 30.9 Å². The Hall–Kier alpha value is -0.680. The Morgan fingerprint density at radius 3 is 2.35 bits per heavy atom. The molecule has 0 aliphatic rings. The third-order valence-corrected chi connectivity index (χ3v) is 3.26. The Morgan fingerprint density at radius 2 is 1.82 bits per heavy atom. The number of hydrogen-bond donors (Lipinski definition) is 1. The molecule has 17 heavy (non-hydrogen) atoms. The SMILES string of the molecule is NCC(CCSC(F)(F)F)Cc1ccccc1. The van der Waals surface area contributed by atoms with E-state index in [1.165, 1.54) is 0 Å². The number of halogens is 3. The first kappa shape index (κ1) is 14.4. The van der Waals surface area contributed by atoms with Gasteiger partial charge in [-0.15, -0.1) is 0 Å². The van der Waals surface area contributed by atoms with Crippen molar-refractivity contribution in [3.63, 3.8) is 0 Å². The predicted molar refractivity (Wildman–Crippen MR) is 65.8 cm³/mol. The minimum Gasteiger partial charge on any atom is -0.330 e. The fourth-order valence-corrected chi connectivity index (χ4v) is 2.27. The first-order valence-corrected chi connectivity index (χ1v) is 6.44. The van der Waals surface area contributed by atoms with Crippen LogP contribution < -0.4 is 5.73 Å². The van der Waals surface area contributed by atoms with Crippen molar-refractivity contribution in [1.29, 1.82) is 0 Å². The Bertz CT molecular complexity index is 313. The second-order valence-electron chi connectivity index (χ2n) is 3.87. The molecule has 0 bridgehead atoms. The van der Waals surface area contributed by atoms with Gasteiger partial charge >= 0.3 is 5.51 Å². The first-order chi connectivity index (χ1) is 8.01. The van der Waals surface area contributed by atoms with Gasteiger partial charge in [0, 0.05) is 5.75 Å². The summed E-state index contributed by atoms with van der Waals surface area (Å²) in [5.41, 5.74) is 2.57. The third-order valence-electron chi connectivity index (χ3n) is 2.49. The molecule has 0 radical (unpaired) electrons. The van der Waals surface area contributed by atoms with Crippen LogP contribution in [0.15, 0.2) is 30.3 Å². The monoisotopic (exact) mass is 263 g/mol. The van der Waals surface area contributed by atoms with Crippen molar-refractivity contribution >= 4 is 11.8 Å². The van der Waals surface area contributed by atoms with Crippen LogP contribution in [0.2, 0.25) is 0 Å². The molecule has 96 valence electrons. The topological polar surface area (TPSA) is 26.0 Å². The number of rotatable bonds is 6. The van der Waals surface area contributed by atoms with Gasteiger partial charge in [0.15, 0.2) is 0 Å². The quantitative estimate of drug-likeness (QED) is 0.850. The molecule has 0 saturated heterocycles. The van der Waals surface area contributed by atoms with Gasteiger partial charge in [-0.2, -0.15) is 13.2 Å². The molecule has 1 aromatic carbocycles. The molecule has 0 fully saturated rings. The summed E-state index contributed by atoms with van der Waals surface area (Å²) in [6.07, 6.45) is 1.24. The normalized spacial score (nSPS) is 13.6. The van der Waals surface area contributed by atoms with Crippen LogP contribution in [0.25, 0.3) is 0 Å². The molecule has 5 heteroatoms. The van der Waals surface area contributed by atoms with Crippen LogP contribution in [0.3, 0.4) is 0 Å². The van der Waals surface area contributed by atoms with Crippen molar-refractivity contribution in [2.45, 2.75) is 18.3 Å². The molecular formula is C12H16F3NS. The lowest BCUT2D eigenvalue weighted by molar-refractivity contribution is -0.0328. The Balaban J connectivity index is 2.34. The number of hydrogen-bond acceptors (Lipinski definition) is 2. The molecule has 1 atom stereocenters. The van der Waals surface area contributed by atoms with Gasteiger partial charge in [-0.1, -0.05) is 42.1 Å². The Labute approximate surface area is 104 Å². The molecule has 0 heterocycles. The molecule has 0 aliphatic heterocycles. The highest BCUT2D eigenvalue weighted by Gasteiger charge is 2.27. The van der Waals surface area contributed by atoms with E-state index in [1.807, 2.05) is 30.3 Å². The number of thioether (sulfide) groups is 1. The van der Waals surface area contributed by atoms with Gasteiger partial charge in [-0.3, -0.25) is 0 Å². The van der Waals surface area contributed by atoms with Crippen molar-refractivity contribution in [2.24, 2.45) is 11.7 Å². The lowest BCUT2D eigenvalue weighted by Gasteiger charge is -2.15. The first-order valence-electron chi connectivity index (χ1n) is 5.46. The molecular weight excluding hydrogens is 247 g/mol. The van der Waals surface area contributed by atoms with Gasteiger partial charge in [0.1, 0.15) is 0 Å². The zero-order valence-electron chi connectivity index (χ0n) is 9.41. The number of nitrogens with two attached hydrogens (primary N) is 1. The van der Waals surface area contributed by atoms with Gasteiger partial charge in [0.05, 0.1) is 0 Å². The molecule has 0 aromatic heterocycles. The zero-order chi connectivity index (χ0) is 12.7. The molecule has 0 saturated carbocycles. The molecule has 1 nitrogen and oxygen atoms in total. The molecule has 2 N–H and O–H groups in total. The van der Waals surface area contributed by atoms with Crippen LogP contribution in [0, 0.1) is 5.92 Å². The fourth-order valence-electron chi connectivity index (χ4n) is 1.59. The zero-order valence-corrected chi connectivity index (χ0v) is 10.2. The molecule has 1 rings (SSSR count). The van der Waals surface area contributed by atoms with Crippen molar-refractivity contribution in [3.05, 3.63) is 35.9 Å². The van der Waals surface area contributed by atoms with Gasteiger partial charge < -0.3 is 5.73 Å². The Kier molecular flexibility index (Phi) is 5.85. The predicted octanol–water partition coefficient (Wildman–Crippen LogP) is 3.45. The summed E-state index contributed by atoms with van der Waals surface area (Å²) < 4.78 is 35.9. The molecule has 0 spiro atoms. The van der Waals surface area contributed by atoms with Gasteiger partial charge in [0.25, 0.3) is 0 Å². The minimum absolute atomic E-state index is 0.0323. The second-order valence-corrected chi connectivity index (χ2v) is 5.03. The van der Waals surface area contributed by atoms with Crippen molar-refractivity contribution < 1.29 is 13.2 Å². The van der Waals surface area contributed by atoms with Crippen LogP contribution in [-0.4, -0.2) is 17.8 Å². The summed E-state index contributed by atoms with van der Waals surface area (Å²) in [5.74, 6) is 0.199. The van der Waals surface area contributed by atoms with Crippen LogP contribution >= 0.6 is 11.8 Å². The number of benzene rings is 1. The number of alkyl halides is 3. The summed E-state index contributed by atoms with van der Waals surface area (Å²) in [7, 11) is 0. The molecule has 1 aromatic rings. The van der Waals surface area contributed by atoms with E-state index in [4.69, 9.17) is 5.73 Å². The minimum atomic E-state index is -4.13. The smallest absolute Gasteiger partial charge is 0.330 e. The van der Waals surface area contributed by atoms with Crippen LogP contribution in [0.4, 0.5) is 13.2 Å². The van der Waals surface area contributed by atoms with Crippen LogP contribution in [0.5, 0.6) is 0 Å². The summed E-state index contributed by atoms with van der Waals surface area (Å²) in [4.78, 5) is 0. The standard InChI is InChI=1S/C12H16F3NS/c13-12(14,15)17-7-6-11(9-16)8-10-4-2-1-3-5-10/h1-5,11H,6-9,16H2. The highest BCUT2D eigenvalue weighted by molar-refractivity contribution is 8.00. The van der Waals surface area contributed by atoms with Gasteiger partial charge in [-0.25, -0.2) is 0 Å². The van der Waals surface area contributed by atoms with Crippen molar-refractivity contribution in [1.82, 2.24) is 0 Å². The maximum Gasteiger partial charge on any atom is 0.441 e. The average molecular weight is 263 g/mol. The van der Waals surface area contributed by atoms with E-state index >= 15 is 0 Å². The largest absolute Gasteiger partial charge is 0.441 e. The van der Waals surface area contributed by atoms with E-state index in [1.54, 1.807) is 0 Å². The fraction of sp³-hybridized carbons (Fsp3) is 0.500. The van der Waals surface area contributed by atoms with E-state index in [-0.39, 0.29) is 23.4 Å². The summed E-state index contributed by atoms with van der Waals surface area (Å²) in [6, 6.07) is 9.71. The maximum atomic E-state index is 12.0. The lowest BCUT2D eigenvalue weighted by Crippen LogP contribution is -2.18. The van der Waals surface area contributed by atoms with Crippen LogP contribution in [-0.2, 0) is 6.42 Å². The summed E-state index contributed by atoms with van der Waals surface area (Å²) in [6.45, 7) is 0.424. The summed E-state index contributed by atoms with van der Waals surface area (Å²) >= 11 is 0.0323. The van der Waals surface area contributed by atoms with Crippen LogP contribution in [0.1, 0.15) is 12.0 Å². The van der Waals surface area contributed by atoms with E-state index in [0.29, 0.717) is 13.0 Å². The van der Waals surface area contributed by atoms with Crippen molar-refractivity contribution in [2.75, 3.05) is 12.3 Å². The average Bonchev–Trinajstić information content (AvgIpc) is 2.27. The highest BCUT2D eigenvalue weighted by Crippen LogP contribution is 2.31. The molecule has 1 unspecified atom stereocenters. The van der Waals surface area contributed by atoms with E-state index < -0.39 is 5.51 Å². The van der Waals surface area contributed by atoms with E-state index in [2.05, 4.69) is 0 Å². The van der Waals surface area contributed by atoms with E-state index in [9.17, 15) is 13.2 Å². The lowest BCUT2D eigenvalue weighted by atomic mass is 9.97. The van der Waals surface area contributed by atoms with Crippen molar-refractivity contribution in [3.8, 4) is 0 Å². The Morgan fingerprint density at radius 1 is 1.18 bits per heavy atom. The molecule has 0 aliphatic carbocycles. The maximum absolute atomic E-state index is 12.0. The third kappa shape index (κ3) is 6.58.